The molecular formula is C51H32N4S. The standard InChI is InChI=1S/C51H32N4S/c1-4-14-33(15-5-1)35-24-26-37(27-25-35)50-52-49(36-18-8-3-9-19-36)53-51(54-50)39-28-38(34-16-6-2-7-17-34)29-40(30-39)55-45-22-12-10-20-41(45)43-31-44-42-21-11-13-23-47(42)56-48(44)32-46(43)55/h1-32H. The Kier molecular flexibility index (Phi) is 7.64. The molecule has 8 aromatic carbocycles. The highest BCUT2D eigenvalue weighted by atomic mass is 32.1. The molecule has 0 saturated heterocycles. The van der Waals surface area contributed by atoms with Gasteiger partial charge in [0.2, 0.25) is 0 Å². The van der Waals surface area contributed by atoms with Crippen LogP contribution in [0.5, 0.6) is 0 Å². The molecule has 3 aromatic heterocycles. The van der Waals surface area contributed by atoms with E-state index in [4.69, 9.17) is 15.0 Å². The molecule has 0 aliphatic heterocycles. The van der Waals surface area contributed by atoms with E-state index in [1.165, 1.54) is 42.0 Å². The van der Waals surface area contributed by atoms with Gasteiger partial charge in [-0.2, -0.15) is 0 Å². The summed E-state index contributed by atoms with van der Waals surface area (Å²) < 4.78 is 4.98. The molecule has 56 heavy (non-hydrogen) atoms. The molecule has 0 spiro atoms. The lowest BCUT2D eigenvalue weighted by atomic mass is 10.0. The summed E-state index contributed by atoms with van der Waals surface area (Å²) in [6.07, 6.45) is 0. The van der Waals surface area contributed by atoms with E-state index in [0.29, 0.717) is 17.5 Å². The first kappa shape index (κ1) is 32.2. The minimum atomic E-state index is 0.618. The third-order valence-corrected chi connectivity index (χ3v) is 11.8. The van der Waals surface area contributed by atoms with Crippen LogP contribution < -0.4 is 0 Å². The van der Waals surface area contributed by atoms with E-state index in [2.05, 4.69) is 174 Å². The highest BCUT2D eigenvalue weighted by Crippen LogP contribution is 2.42. The van der Waals surface area contributed by atoms with Gasteiger partial charge in [-0.25, -0.2) is 15.0 Å². The smallest absolute Gasteiger partial charge is 0.164 e. The first-order valence-electron chi connectivity index (χ1n) is 18.8. The fourth-order valence-electron chi connectivity index (χ4n) is 7.93. The van der Waals surface area contributed by atoms with Crippen LogP contribution >= 0.6 is 11.3 Å². The average Bonchev–Trinajstić information content (AvgIpc) is 3.81. The molecule has 0 unspecified atom stereocenters. The lowest BCUT2D eigenvalue weighted by Crippen LogP contribution is -2.02. The molecule has 4 nitrogen and oxygen atoms in total. The van der Waals surface area contributed by atoms with Crippen LogP contribution in [0.1, 0.15) is 0 Å². The second-order valence-electron chi connectivity index (χ2n) is 14.1. The zero-order chi connectivity index (χ0) is 37.0. The zero-order valence-electron chi connectivity index (χ0n) is 30.2. The first-order chi connectivity index (χ1) is 27.7. The molecule has 11 aromatic rings. The zero-order valence-corrected chi connectivity index (χ0v) is 31.0. The molecule has 0 atom stereocenters. The van der Waals surface area contributed by atoms with Gasteiger partial charge in [0, 0.05) is 53.3 Å². The van der Waals surface area contributed by atoms with Crippen molar-refractivity contribution in [3.05, 3.63) is 194 Å². The maximum absolute atomic E-state index is 5.22. The van der Waals surface area contributed by atoms with Gasteiger partial charge in [-0.05, 0) is 64.7 Å². The van der Waals surface area contributed by atoms with Crippen molar-refractivity contribution in [2.45, 2.75) is 0 Å². The molecule has 0 aliphatic rings. The van der Waals surface area contributed by atoms with Crippen LogP contribution in [0.4, 0.5) is 0 Å². The van der Waals surface area contributed by atoms with E-state index in [1.54, 1.807) is 0 Å². The minimum Gasteiger partial charge on any atom is -0.309 e. The van der Waals surface area contributed by atoms with E-state index in [1.807, 2.05) is 35.6 Å². The Morgan fingerprint density at radius 2 is 0.804 bits per heavy atom. The maximum Gasteiger partial charge on any atom is 0.164 e. The summed E-state index contributed by atoms with van der Waals surface area (Å²) >= 11 is 1.85. The van der Waals surface area contributed by atoms with Gasteiger partial charge in [-0.1, -0.05) is 152 Å². The number of fused-ring (bicyclic) bond motifs is 6. The summed E-state index contributed by atoms with van der Waals surface area (Å²) in [5.41, 5.74) is 10.7. The van der Waals surface area contributed by atoms with E-state index in [9.17, 15) is 0 Å². The summed E-state index contributed by atoms with van der Waals surface area (Å²) in [5, 5.41) is 5.05. The maximum atomic E-state index is 5.22. The van der Waals surface area contributed by atoms with Crippen molar-refractivity contribution >= 4 is 53.3 Å². The van der Waals surface area contributed by atoms with Crippen molar-refractivity contribution < 1.29 is 0 Å². The predicted molar refractivity (Wildman–Crippen MR) is 234 cm³/mol. The van der Waals surface area contributed by atoms with Crippen LogP contribution in [-0.4, -0.2) is 19.5 Å². The van der Waals surface area contributed by atoms with Crippen LogP contribution in [0, 0.1) is 0 Å². The van der Waals surface area contributed by atoms with E-state index in [-0.39, 0.29) is 0 Å². The van der Waals surface area contributed by atoms with Crippen LogP contribution in [0.15, 0.2) is 194 Å². The van der Waals surface area contributed by atoms with Gasteiger partial charge in [0.1, 0.15) is 0 Å². The molecule has 0 N–H and O–H groups in total. The van der Waals surface area contributed by atoms with Crippen molar-refractivity contribution in [3.63, 3.8) is 0 Å². The van der Waals surface area contributed by atoms with Crippen molar-refractivity contribution in [3.8, 4) is 62.1 Å². The highest BCUT2D eigenvalue weighted by Gasteiger charge is 2.19. The fraction of sp³-hybridized carbons (Fsp3) is 0. The number of para-hydroxylation sites is 1. The third-order valence-electron chi connectivity index (χ3n) is 10.6. The number of thiophene rings is 1. The Hall–Kier alpha value is -7.21. The van der Waals surface area contributed by atoms with Gasteiger partial charge < -0.3 is 4.57 Å². The van der Waals surface area contributed by atoms with Gasteiger partial charge >= 0.3 is 0 Å². The normalized spacial score (nSPS) is 11.6. The van der Waals surface area contributed by atoms with Crippen LogP contribution in [0.25, 0.3) is 104 Å². The van der Waals surface area contributed by atoms with Crippen LogP contribution in [-0.2, 0) is 0 Å². The van der Waals surface area contributed by atoms with Crippen molar-refractivity contribution in [2.24, 2.45) is 0 Å². The van der Waals surface area contributed by atoms with Gasteiger partial charge in [0.25, 0.3) is 0 Å². The molecule has 0 saturated carbocycles. The minimum absolute atomic E-state index is 0.618. The van der Waals surface area contributed by atoms with E-state index in [0.717, 1.165) is 44.6 Å². The lowest BCUT2D eigenvalue weighted by Gasteiger charge is -2.14. The van der Waals surface area contributed by atoms with Crippen molar-refractivity contribution in [1.29, 1.82) is 0 Å². The highest BCUT2D eigenvalue weighted by molar-refractivity contribution is 7.25. The summed E-state index contributed by atoms with van der Waals surface area (Å²) in [4.78, 5) is 15.5. The summed E-state index contributed by atoms with van der Waals surface area (Å²) in [5.74, 6) is 1.88. The molecule has 0 amide bonds. The predicted octanol–water partition coefficient (Wildman–Crippen LogP) is 13.7. The van der Waals surface area contributed by atoms with Crippen molar-refractivity contribution in [2.75, 3.05) is 0 Å². The molecule has 11 rings (SSSR count). The third kappa shape index (κ3) is 5.56. The van der Waals surface area contributed by atoms with E-state index < -0.39 is 0 Å². The van der Waals surface area contributed by atoms with Crippen LogP contribution in [0.3, 0.4) is 0 Å². The summed E-state index contributed by atoms with van der Waals surface area (Å²) in [7, 11) is 0. The molecule has 0 aliphatic carbocycles. The first-order valence-corrected chi connectivity index (χ1v) is 19.6. The lowest BCUT2D eigenvalue weighted by molar-refractivity contribution is 1.07. The monoisotopic (exact) mass is 732 g/mol. The molecule has 262 valence electrons. The topological polar surface area (TPSA) is 43.6 Å². The van der Waals surface area contributed by atoms with E-state index >= 15 is 0 Å². The molecule has 0 fully saturated rings. The van der Waals surface area contributed by atoms with Gasteiger partial charge in [0.05, 0.1) is 11.0 Å². The quantitative estimate of drug-likeness (QED) is 0.171. The number of nitrogens with zero attached hydrogens (tertiary/aromatic N) is 4. The fourth-order valence-corrected chi connectivity index (χ4v) is 9.05. The number of benzene rings is 8. The van der Waals surface area contributed by atoms with Crippen LogP contribution in [0.2, 0.25) is 0 Å². The largest absolute Gasteiger partial charge is 0.309 e. The Labute approximate surface area is 327 Å². The molecule has 0 radical (unpaired) electrons. The number of hydrogen-bond donors (Lipinski definition) is 0. The molecular weight excluding hydrogens is 701 g/mol. The summed E-state index contributed by atoms with van der Waals surface area (Å²) in [6.45, 7) is 0. The number of aromatic nitrogens is 4. The van der Waals surface area contributed by atoms with Gasteiger partial charge in [-0.3, -0.25) is 0 Å². The summed E-state index contributed by atoms with van der Waals surface area (Å²) in [6, 6.07) is 68.6. The molecule has 5 heteroatoms. The molecule has 0 bridgehead atoms. The Bertz CT molecular complexity index is 3220. The van der Waals surface area contributed by atoms with Gasteiger partial charge in [-0.15, -0.1) is 11.3 Å². The van der Waals surface area contributed by atoms with Crippen molar-refractivity contribution in [1.82, 2.24) is 19.5 Å². The SMILES string of the molecule is c1ccc(-c2ccc(-c3nc(-c4ccccc4)nc(-c4cc(-c5ccccc5)cc(-n5c6ccccc6c6cc7c(cc65)sc5ccccc57)c4)n3)cc2)cc1. The Balaban J connectivity index is 1.15. The molecule has 3 heterocycles. The second-order valence-corrected chi connectivity index (χ2v) is 15.2. The second kappa shape index (κ2) is 13.3. The number of rotatable bonds is 6. The Morgan fingerprint density at radius 1 is 0.304 bits per heavy atom. The number of hydrogen-bond acceptors (Lipinski definition) is 4. The van der Waals surface area contributed by atoms with Gasteiger partial charge in [0.15, 0.2) is 17.5 Å². The average molecular weight is 733 g/mol. The Morgan fingerprint density at radius 3 is 1.50 bits per heavy atom.